The van der Waals surface area contributed by atoms with Gasteiger partial charge >= 0.3 is 5.97 Å². The van der Waals surface area contributed by atoms with Gasteiger partial charge in [-0.3, -0.25) is 28.5 Å². The molecule has 0 spiro atoms. The van der Waals surface area contributed by atoms with Gasteiger partial charge in [-0.1, -0.05) is 27.7 Å². The van der Waals surface area contributed by atoms with E-state index in [1.165, 1.54) is 4.68 Å². The summed E-state index contributed by atoms with van der Waals surface area (Å²) >= 11 is 0. The Hall–Kier alpha value is -4.74. The molecule has 2 aromatic carbocycles. The standard InChI is InChI=1S/C34H43N5O7/c1-8-37(29(40)19-38-27-17-23(44-6)11-13-25(27)31(35-38)33(42)21(2)3)15-9-10-16-46-30(41)20-39-28-18-24(45-7)12-14-26(28)32(36-39)34(43)22(4)5/h11-14,17-18,21-22H,8-10,15-16,19-20H2,1-7H3. The van der Waals surface area contributed by atoms with Crippen LogP contribution in [0.1, 0.15) is 68.4 Å². The van der Waals surface area contributed by atoms with Crippen molar-refractivity contribution in [3.63, 3.8) is 0 Å². The number of unbranched alkanes of at least 4 members (excludes halogenated alkanes) is 1. The second kappa shape index (κ2) is 15.0. The molecule has 0 bridgehead atoms. The molecule has 46 heavy (non-hydrogen) atoms. The average molecular weight is 634 g/mol. The molecule has 0 radical (unpaired) electrons. The molecule has 246 valence electrons. The molecule has 0 saturated carbocycles. The number of esters is 1. The number of Topliss-reactive ketones (excluding diaryl/α,β-unsaturated/α-hetero) is 2. The largest absolute Gasteiger partial charge is 0.497 e. The maximum absolute atomic E-state index is 13.3. The summed E-state index contributed by atoms with van der Waals surface area (Å²) in [7, 11) is 3.11. The van der Waals surface area contributed by atoms with Gasteiger partial charge < -0.3 is 19.1 Å². The zero-order valence-corrected chi connectivity index (χ0v) is 27.7. The molecule has 0 unspecified atom stereocenters. The van der Waals surface area contributed by atoms with Crippen LogP contribution < -0.4 is 9.47 Å². The highest BCUT2D eigenvalue weighted by Crippen LogP contribution is 2.27. The molecule has 4 aromatic rings. The van der Waals surface area contributed by atoms with E-state index in [0.717, 1.165) is 0 Å². The zero-order valence-electron chi connectivity index (χ0n) is 27.7. The summed E-state index contributed by atoms with van der Waals surface area (Å²) in [6.07, 6.45) is 1.17. The first-order valence-corrected chi connectivity index (χ1v) is 15.6. The number of ether oxygens (including phenoxy) is 3. The highest BCUT2D eigenvalue weighted by Gasteiger charge is 2.23. The molecule has 12 nitrogen and oxygen atoms in total. The number of amides is 1. The monoisotopic (exact) mass is 633 g/mol. The van der Waals surface area contributed by atoms with Crippen LogP contribution in [0.3, 0.4) is 0 Å². The number of benzene rings is 2. The fraction of sp³-hybridized carbons (Fsp3) is 0.471. The summed E-state index contributed by atoms with van der Waals surface area (Å²) in [6.45, 7) is 10.1. The maximum atomic E-state index is 13.3. The molecule has 0 N–H and O–H groups in total. The van der Waals surface area contributed by atoms with Gasteiger partial charge in [-0.25, -0.2) is 0 Å². The number of hydrogen-bond donors (Lipinski definition) is 0. The summed E-state index contributed by atoms with van der Waals surface area (Å²) in [5.74, 6) is -0.101. The van der Waals surface area contributed by atoms with E-state index in [2.05, 4.69) is 10.2 Å². The van der Waals surface area contributed by atoms with Crippen molar-refractivity contribution in [1.82, 2.24) is 24.5 Å². The Kier molecular flexibility index (Phi) is 11.2. The summed E-state index contributed by atoms with van der Waals surface area (Å²) in [5.41, 5.74) is 1.93. The Balaban J connectivity index is 1.34. The Bertz CT molecular complexity index is 1740. The van der Waals surface area contributed by atoms with Crippen molar-refractivity contribution >= 4 is 45.2 Å². The third-order valence-electron chi connectivity index (χ3n) is 7.82. The third-order valence-corrected chi connectivity index (χ3v) is 7.82. The first-order valence-electron chi connectivity index (χ1n) is 15.6. The van der Waals surface area contributed by atoms with Gasteiger partial charge in [-0.15, -0.1) is 0 Å². The summed E-state index contributed by atoms with van der Waals surface area (Å²) < 4.78 is 19.2. The number of hydrogen-bond acceptors (Lipinski definition) is 9. The van der Waals surface area contributed by atoms with E-state index in [-0.39, 0.29) is 49.0 Å². The first kappa shape index (κ1) is 34.1. The van der Waals surface area contributed by atoms with Crippen molar-refractivity contribution in [3.8, 4) is 11.5 Å². The molecule has 4 rings (SSSR count). The molecule has 0 aliphatic carbocycles. The number of carbonyl (C=O) groups excluding carboxylic acids is 4. The zero-order chi connectivity index (χ0) is 33.5. The number of methoxy groups -OCH3 is 2. The highest BCUT2D eigenvalue weighted by molar-refractivity contribution is 6.08. The molecule has 2 heterocycles. The molecule has 0 fully saturated rings. The van der Waals surface area contributed by atoms with Gasteiger partial charge in [0, 0.05) is 47.8 Å². The predicted molar refractivity (Wildman–Crippen MR) is 173 cm³/mol. The van der Waals surface area contributed by atoms with Gasteiger partial charge in [0.1, 0.15) is 36.0 Å². The van der Waals surface area contributed by atoms with Crippen molar-refractivity contribution in [2.45, 2.75) is 60.5 Å². The van der Waals surface area contributed by atoms with Gasteiger partial charge in [0.15, 0.2) is 11.6 Å². The molecule has 0 aliphatic rings. The van der Waals surface area contributed by atoms with Crippen LogP contribution in [0, 0.1) is 11.8 Å². The molecule has 2 aromatic heterocycles. The summed E-state index contributed by atoms with van der Waals surface area (Å²) in [5, 5.41) is 10.3. The lowest BCUT2D eigenvalue weighted by Crippen LogP contribution is -2.35. The molecular weight excluding hydrogens is 590 g/mol. The van der Waals surface area contributed by atoms with Crippen LogP contribution in [0.15, 0.2) is 36.4 Å². The first-order chi connectivity index (χ1) is 22.0. The van der Waals surface area contributed by atoms with Crippen molar-refractivity contribution in [2.75, 3.05) is 33.9 Å². The SMILES string of the molecule is CCN(CCCCOC(=O)Cn1nc(C(=O)C(C)C)c2ccc(OC)cc21)C(=O)Cn1nc(C(=O)C(C)C)c2ccc(OC)cc21. The lowest BCUT2D eigenvalue weighted by atomic mass is 10.0. The number of fused-ring (bicyclic) bond motifs is 2. The fourth-order valence-corrected chi connectivity index (χ4v) is 5.16. The smallest absolute Gasteiger partial charge is 0.327 e. The summed E-state index contributed by atoms with van der Waals surface area (Å²) in [6, 6.07) is 10.6. The maximum Gasteiger partial charge on any atom is 0.327 e. The second-order valence-electron chi connectivity index (χ2n) is 11.7. The number of carbonyl (C=O) groups is 4. The molecule has 12 heteroatoms. The molecule has 0 atom stereocenters. The quantitative estimate of drug-likeness (QED) is 0.0954. The van der Waals surface area contributed by atoms with Gasteiger partial charge in [0.25, 0.3) is 0 Å². The highest BCUT2D eigenvalue weighted by atomic mass is 16.5. The number of rotatable bonds is 16. The van der Waals surface area contributed by atoms with E-state index >= 15 is 0 Å². The Morgan fingerprint density at radius 1 is 0.761 bits per heavy atom. The number of aromatic nitrogens is 4. The Labute approximate surface area is 268 Å². The van der Waals surface area contributed by atoms with Crippen LogP contribution in [-0.2, 0) is 27.4 Å². The normalized spacial score (nSPS) is 11.4. The van der Waals surface area contributed by atoms with Crippen molar-refractivity contribution in [2.24, 2.45) is 11.8 Å². The van der Waals surface area contributed by atoms with Crippen molar-refractivity contribution < 1.29 is 33.4 Å². The van der Waals surface area contributed by atoms with Crippen LogP contribution in [0.4, 0.5) is 0 Å². The summed E-state index contributed by atoms with van der Waals surface area (Å²) in [4.78, 5) is 53.3. The van der Waals surface area contributed by atoms with Crippen LogP contribution in [-0.4, -0.2) is 81.8 Å². The van der Waals surface area contributed by atoms with Crippen LogP contribution in [0.2, 0.25) is 0 Å². The average Bonchev–Trinajstić information content (AvgIpc) is 3.58. The topological polar surface area (TPSA) is 135 Å². The number of nitrogens with zero attached hydrogens (tertiary/aromatic N) is 5. The van der Waals surface area contributed by atoms with Gasteiger partial charge in [-0.2, -0.15) is 10.2 Å². The van der Waals surface area contributed by atoms with Crippen molar-refractivity contribution in [1.29, 1.82) is 0 Å². The second-order valence-corrected chi connectivity index (χ2v) is 11.7. The minimum Gasteiger partial charge on any atom is -0.497 e. The van der Waals surface area contributed by atoms with Crippen LogP contribution in [0.5, 0.6) is 11.5 Å². The Morgan fingerprint density at radius 2 is 1.26 bits per heavy atom. The van der Waals surface area contributed by atoms with E-state index < -0.39 is 5.97 Å². The molecular formula is C34H43N5O7. The predicted octanol–water partition coefficient (Wildman–Crippen LogP) is 4.95. The number of ketones is 2. The van der Waals surface area contributed by atoms with E-state index in [4.69, 9.17) is 14.2 Å². The van der Waals surface area contributed by atoms with Gasteiger partial charge in [-0.05, 0) is 44.0 Å². The third kappa shape index (κ3) is 7.55. The minimum absolute atomic E-state index is 0.0260. The van der Waals surface area contributed by atoms with Crippen LogP contribution >= 0.6 is 0 Å². The molecule has 0 saturated heterocycles. The van der Waals surface area contributed by atoms with E-state index in [9.17, 15) is 19.2 Å². The van der Waals surface area contributed by atoms with E-state index in [1.807, 2.05) is 20.8 Å². The minimum atomic E-state index is -0.480. The van der Waals surface area contributed by atoms with E-state index in [0.29, 0.717) is 70.6 Å². The van der Waals surface area contributed by atoms with Gasteiger partial charge in [0.05, 0.1) is 31.9 Å². The lowest BCUT2D eigenvalue weighted by Gasteiger charge is -2.21. The lowest BCUT2D eigenvalue weighted by molar-refractivity contribution is -0.144. The Morgan fingerprint density at radius 3 is 1.72 bits per heavy atom. The van der Waals surface area contributed by atoms with Gasteiger partial charge in [0.2, 0.25) is 5.91 Å². The molecule has 0 aliphatic heterocycles. The van der Waals surface area contributed by atoms with Crippen molar-refractivity contribution in [3.05, 3.63) is 47.8 Å². The molecule has 1 amide bonds. The van der Waals surface area contributed by atoms with E-state index in [1.54, 1.807) is 74.0 Å². The number of likely N-dealkylation sites (N-methyl/N-ethyl adjacent to an activating group) is 1. The van der Waals surface area contributed by atoms with Crippen LogP contribution in [0.25, 0.3) is 21.8 Å². The fourth-order valence-electron chi connectivity index (χ4n) is 5.16.